The largest absolute Gasteiger partial charge is 0.378 e. The van der Waals surface area contributed by atoms with Gasteiger partial charge < -0.3 is 4.90 Å². The Morgan fingerprint density at radius 3 is 2.44 bits per heavy atom. The summed E-state index contributed by atoms with van der Waals surface area (Å²) in [5.41, 5.74) is 3.32. The number of nitrogens with zero attached hydrogens (tertiary/aromatic N) is 2. The summed E-state index contributed by atoms with van der Waals surface area (Å²) in [5, 5.41) is 1.04. The number of aryl methyl sites for hydroxylation is 1. The van der Waals surface area contributed by atoms with Gasteiger partial charge in [0.1, 0.15) is 4.70 Å². The maximum absolute atomic E-state index is 11.0. The van der Waals surface area contributed by atoms with Gasteiger partial charge in [0.25, 0.3) is 15.1 Å². The summed E-state index contributed by atoms with van der Waals surface area (Å²) in [6, 6.07) is 16.3. The van der Waals surface area contributed by atoms with Crippen LogP contribution in [0.4, 0.5) is 5.69 Å². The molecule has 1 N–H and O–H groups in total. The summed E-state index contributed by atoms with van der Waals surface area (Å²) in [4.78, 5) is 2.06. The molecule has 0 fully saturated rings. The molecule has 3 rings (SSSR count). The van der Waals surface area contributed by atoms with Crippen LogP contribution in [0.1, 0.15) is 17.0 Å². The molecule has 7 heteroatoms. The molecule has 1 aromatic heterocycles. The lowest BCUT2D eigenvalue weighted by Gasteiger charge is -2.11. The molecular formula is C20H23N2O3S2+. The van der Waals surface area contributed by atoms with Crippen LogP contribution in [-0.2, 0) is 16.7 Å². The second-order valence-corrected chi connectivity index (χ2v) is 9.15. The number of para-hydroxylation sites is 1. The minimum Gasteiger partial charge on any atom is -0.378 e. The van der Waals surface area contributed by atoms with Crippen LogP contribution in [0.15, 0.2) is 48.5 Å². The van der Waals surface area contributed by atoms with Crippen LogP contribution in [0.2, 0.25) is 0 Å². The highest BCUT2D eigenvalue weighted by molar-refractivity contribution is 7.85. The number of anilines is 1. The van der Waals surface area contributed by atoms with E-state index in [9.17, 15) is 8.42 Å². The number of thiazole rings is 1. The van der Waals surface area contributed by atoms with E-state index in [2.05, 4.69) is 52.0 Å². The highest BCUT2D eigenvalue weighted by Gasteiger charge is 2.18. The molecule has 0 aliphatic rings. The van der Waals surface area contributed by atoms with Gasteiger partial charge >= 0.3 is 0 Å². The first-order valence-electron chi connectivity index (χ1n) is 8.65. The average Bonchev–Trinajstić information content (AvgIpc) is 2.97. The monoisotopic (exact) mass is 403 g/mol. The molecule has 142 valence electrons. The predicted molar refractivity (Wildman–Crippen MR) is 113 cm³/mol. The zero-order chi connectivity index (χ0) is 19.4. The molecule has 0 unspecified atom stereocenters. The summed E-state index contributed by atoms with van der Waals surface area (Å²) < 4.78 is 34.3. The van der Waals surface area contributed by atoms with Crippen LogP contribution in [0.5, 0.6) is 0 Å². The number of fused-ring (bicyclic) bond motifs is 1. The lowest BCUT2D eigenvalue weighted by Crippen LogP contribution is -2.35. The van der Waals surface area contributed by atoms with Gasteiger partial charge in [-0.05, 0) is 29.8 Å². The van der Waals surface area contributed by atoms with Crippen LogP contribution in [-0.4, -0.2) is 32.8 Å². The quantitative estimate of drug-likeness (QED) is 0.483. The molecule has 0 aliphatic heterocycles. The van der Waals surface area contributed by atoms with E-state index in [1.807, 2.05) is 32.3 Å². The van der Waals surface area contributed by atoms with Gasteiger partial charge in [-0.25, -0.2) is 0 Å². The molecular weight excluding hydrogens is 380 g/mol. The molecule has 0 radical (unpaired) electrons. The molecule has 27 heavy (non-hydrogen) atoms. The number of aromatic nitrogens is 1. The fourth-order valence-corrected chi connectivity index (χ4v) is 4.45. The minimum atomic E-state index is -3.94. The Labute approximate surface area is 163 Å². The summed E-state index contributed by atoms with van der Waals surface area (Å²) in [6.45, 7) is 0.531. The Morgan fingerprint density at radius 2 is 1.78 bits per heavy atom. The van der Waals surface area contributed by atoms with Gasteiger partial charge in [0.2, 0.25) is 5.52 Å². The van der Waals surface area contributed by atoms with Crippen molar-refractivity contribution >= 4 is 49.5 Å². The highest BCUT2D eigenvalue weighted by atomic mass is 32.2. The van der Waals surface area contributed by atoms with E-state index in [4.69, 9.17) is 4.55 Å². The van der Waals surface area contributed by atoms with Gasteiger partial charge in [-0.2, -0.15) is 13.0 Å². The van der Waals surface area contributed by atoms with Crippen molar-refractivity contribution in [2.45, 2.75) is 13.0 Å². The van der Waals surface area contributed by atoms with Gasteiger partial charge in [-0.1, -0.05) is 35.6 Å². The van der Waals surface area contributed by atoms with Crippen LogP contribution in [0, 0.1) is 0 Å². The van der Waals surface area contributed by atoms with Crippen LogP contribution >= 0.6 is 11.3 Å². The van der Waals surface area contributed by atoms with Gasteiger partial charge in [-0.15, -0.1) is 0 Å². The number of rotatable bonds is 7. The Morgan fingerprint density at radius 1 is 1.07 bits per heavy atom. The van der Waals surface area contributed by atoms with E-state index < -0.39 is 10.1 Å². The smallest absolute Gasteiger partial charge is 0.265 e. The lowest BCUT2D eigenvalue weighted by atomic mass is 10.2. The third kappa shape index (κ3) is 5.15. The van der Waals surface area contributed by atoms with E-state index in [1.54, 1.807) is 11.3 Å². The molecule has 0 saturated carbocycles. The van der Waals surface area contributed by atoms with Gasteiger partial charge in [0.05, 0.1) is 5.75 Å². The molecule has 0 saturated heterocycles. The SMILES string of the molecule is CN(C)c1ccc(/C=C/c2sc3ccccc3[n+]2CCCS(=O)(=O)O)cc1. The summed E-state index contributed by atoms with van der Waals surface area (Å²) in [6.07, 6.45) is 4.48. The fourth-order valence-electron chi connectivity index (χ4n) is 2.86. The molecule has 0 aliphatic carbocycles. The van der Waals surface area contributed by atoms with Gasteiger partial charge in [-0.3, -0.25) is 4.55 Å². The van der Waals surface area contributed by atoms with Crippen molar-refractivity contribution in [1.29, 1.82) is 0 Å². The number of benzene rings is 2. The molecule has 2 aromatic carbocycles. The molecule has 0 spiro atoms. The maximum atomic E-state index is 11.0. The van der Waals surface area contributed by atoms with Gasteiger partial charge in [0.15, 0.2) is 6.54 Å². The van der Waals surface area contributed by atoms with Gasteiger partial charge in [0, 0.05) is 38.3 Å². The minimum absolute atomic E-state index is 0.237. The van der Waals surface area contributed by atoms with E-state index in [1.165, 1.54) is 0 Å². The summed E-state index contributed by atoms with van der Waals surface area (Å²) in [5.74, 6) is -0.237. The third-order valence-electron chi connectivity index (χ3n) is 4.25. The Balaban J connectivity index is 1.87. The number of hydrogen-bond donors (Lipinski definition) is 1. The average molecular weight is 404 g/mol. The molecule has 0 amide bonds. The fraction of sp³-hybridized carbons (Fsp3) is 0.250. The van der Waals surface area contributed by atoms with Crippen LogP contribution < -0.4 is 9.47 Å². The van der Waals surface area contributed by atoms with Crippen LogP contribution in [0.25, 0.3) is 22.4 Å². The first-order valence-corrected chi connectivity index (χ1v) is 11.1. The normalized spacial score (nSPS) is 12.1. The Hall–Kier alpha value is -2.22. The standard InChI is InChI=1S/C20H22N2O3S2/c1-21(2)17-11-8-16(9-12-17)10-13-20-22(14-5-15-27(23,24)25)18-6-3-4-7-19(18)26-20/h3-4,6-13H,5,14-15H2,1-2H3/p+1. The molecule has 3 aromatic rings. The third-order valence-corrected chi connectivity index (χ3v) is 6.18. The summed E-state index contributed by atoms with van der Waals surface area (Å²) >= 11 is 1.67. The zero-order valence-electron chi connectivity index (χ0n) is 15.4. The Kier molecular flexibility index (Phi) is 5.94. The van der Waals surface area contributed by atoms with E-state index in [0.717, 1.165) is 26.5 Å². The Bertz CT molecular complexity index is 1050. The van der Waals surface area contributed by atoms with E-state index >= 15 is 0 Å². The van der Waals surface area contributed by atoms with Crippen molar-refractivity contribution in [2.24, 2.45) is 0 Å². The highest BCUT2D eigenvalue weighted by Crippen LogP contribution is 2.22. The van der Waals surface area contributed by atoms with Crippen molar-refractivity contribution in [3.8, 4) is 0 Å². The van der Waals surface area contributed by atoms with Crippen LogP contribution in [0.3, 0.4) is 0 Å². The lowest BCUT2D eigenvalue weighted by molar-refractivity contribution is -0.668. The van der Waals surface area contributed by atoms with Crippen molar-refractivity contribution in [2.75, 3.05) is 24.7 Å². The first kappa shape index (κ1) is 19.5. The molecule has 1 heterocycles. The van der Waals surface area contributed by atoms with Crippen molar-refractivity contribution < 1.29 is 17.5 Å². The number of hydrogen-bond acceptors (Lipinski definition) is 4. The second kappa shape index (κ2) is 8.21. The van der Waals surface area contributed by atoms with Crippen molar-refractivity contribution in [1.82, 2.24) is 0 Å². The zero-order valence-corrected chi connectivity index (χ0v) is 17.0. The summed E-state index contributed by atoms with van der Waals surface area (Å²) in [7, 11) is 0.0811. The topological polar surface area (TPSA) is 61.5 Å². The predicted octanol–water partition coefficient (Wildman–Crippen LogP) is 3.70. The maximum Gasteiger partial charge on any atom is 0.265 e. The molecule has 5 nitrogen and oxygen atoms in total. The molecule has 0 bridgehead atoms. The first-order chi connectivity index (χ1) is 12.8. The van der Waals surface area contributed by atoms with E-state index in [-0.39, 0.29) is 5.75 Å². The van der Waals surface area contributed by atoms with E-state index in [0.29, 0.717) is 13.0 Å². The second-order valence-electron chi connectivity index (χ2n) is 6.52. The van der Waals surface area contributed by atoms with Crippen molar-refractivity contribution in [3.05, 3.63) is 59.1 Å². The molecule has 0 atom stereocenters. The van der Waals surface area contributed by atoms with Crippen molar-refractivity contribution in [3.63, 3.8) is 0 Å².